The van der Waals surface area contributed by atoms with Crippen molar-refractivity contribution in [1.82, 2.24) is 30.2 Å². The standard InChI is InChI=1S/C29H30FN9/c1-29(2)16-32-8-7-23(29)37-28-25-20(18-4-3-5-18)14-33-15-22(25)36-26(39-28)19-6-9-34-24(11-19)38-27-21(30)10-17(12-31)13-35-27/h6,9-11,13-15,18,23,32H,3-5,7-8,16H2,1-2H3,(H,34,35,38)(H,36,37,39). The fraction of sp³-hybridized carbons (Fsp3) is 0.379. The summed E-state index contributed by atoms with van der Waals surface area (Å²) in [6.07, 6.45) is 11.2. The smallest absolute Gasteiger partial charge is 0.167 e. The summed E-state index contributed by atoms with van der Waals surface area (Å²) in [5.74, 6) is 1.58. The maximum absolute atomic E-state index is 14.4. The van der Waals surface area contributed by atoms with Crippen LogP contribution in [-0.2, 0) is 0 Å². The normalized spacial score (nSPS) is 18.8. The van der Waals surface area contributed by atoms with Crippen LogP contribution in [0.25, 0.3) is 22.3 Å². The molecule has 1 aliphatic carbocycles. The Morgan fingerprint density at radius 1 is 1.08 bits per heavy atom. The zero-order chi connectivity index (χ0) is 27.0. The molecule has 0 spiro atoms. The summed E-state index contributed by atoms with van der Waals surface area (Å²) < 4.78 is 14.4. The van der Waals surface area contributed by atoms with Gasteiger partial charge in [0, 0.05) is 42.1 Å². The van der Waals surface area contributed by atoms with Crippen LogP contribution in [0.3, 0.4) is 0 Å². The summed E-state index contributed by atoms with van der Waals surface area (Å²) in [6.45, 7) is 6.42. The van der Waals surface area contributed by atoms with E-state index in [-0.39, 0.29) is 22.8 Å². The van der Waals surface area contributed by atoms with Crippen molar-refractivity contribution < 1.29 is 4.39 Å². The number of hydrogen-bond acceptors (Lipinski definition) is 9. The molecule has 5 heterocycles. The van der Waals surface area contributed by atoms with E-state index < -0.39 is 5.82 Å². The monoisotopic (exact) mass is 523 g/mol. The average Bonchev–Trinajstić information content (AvgIpc) is 2.90. The van der Waals surface area contributed by atoms with Crippen LogP contribution < -0.4 is 16.0 Å². The van der Waals surface area contributed by atoms with Gasteiger partial charge in [0.1, 0.15) is 17.7 Å². The van der Waals surface area contributed by atoms with Crippen LogP contribution in [0.15, 0.2) is 43.0 Å². The number of nitrogens with one attached hydrogen (secondary N) is 3. The minimum Gasteiger partial charge on any atom is -0.366 e. The third kappa shape index (κ3) is 4.98. The van der Waals surface area contributed by atoms with Gasteiger partial charge in [0.15, 0.2) is 17.5 Å². The summed E-state index contributed by atoms with van der Waals surface area (Å²) in [4.78, 5) is 22.9. The first-order chi connectivity index (χ1) is 18.9. The maximum Gasteiger partial charge on any atom is 0.167 e. The molecular weight excluding hydrogens is 493 g/mol. The van der Waals surface area contributed by atoms with Gasteiger partial charge in [-0.25, -0.2) is 24.3 Å². The number of nitriles is 1. The molecule has 0 aromatic carbocycles. The van der Waals surface area contributed by atoms with E-state index in [2.05, 4.69) is 44.7 Å². The minimum atomic E-state index is -0.631. The van der Waals surface area contributed by atoms with Gasteiger partial charge in [0.05, 0.1) is 17.3 Å². The average molecular weight is 524 g/mol. The van der Waals surface area contributed by atoms with Crippen molar-refractivity contribution >= 4 is 28.4 Å². The number of fused-ring (bicyclic) bond motifs is 1. The first-order valence-corrected chi connectivity index (χ1v) is 13.3. The summed E-state index contributed by atoms with van der Waals surface area (Å²) in [6, 6.07) is 6.86. The van der Waals surface area contributed by atoms with Gasteiger partial charge in [-0.05, 0) is 60.9 Å². The van der Waals surface area contributed by atoms with E-state index in [0.29, 0.717) is 17.6 Å². The van der Waals surface area contributed by atoms with Crippen molar-refractivity contribution in [3.8, 4) is 17.5 Å². The zero-order valence-corrected chi connectivity index (χ0v) is 22.0. The van der Waals surface area contributed by atoms with Crippen LogP contribution in [0, 0.1) is 22.6 Å². The largest absolute Gasteiger partial charge is 0.366 e. The number of piperidine rings is 1. The summed E-state index contributed by atoms with van der Waals surface area (Å²) in [5, 5.41) is 20.2. The number of pyridine rings is 3. The second-order valence-corrected chi connectivity index (χ2v) is 11.0. The van der Waals surface area contributed by atoms with E-state index in [1.54, 1.807) is 18.5 Å². The minimum absolute atomic E-state index is 0.0112. The molecule has 4 aromatic heterocycles. The Kier molecular flexibility index (Phi) is 6.53. The lowest BCUT2D eigenvalue weighted by Gasteiger charge is -2.40. The third-order valence-corrected chi connectivity index (χ3v) is 7.86. The van der Waals surface area contributed by atoms with Crippen molar-refractivity contribution in [1.29, 1.82) is 5.26 Å². The van der Waals surface area contributed by atoms with E-state index in [1.807, 2.05) is 18.3 Å². The first-order valence-electron chi connectivity index (χ1n) is 13.3. The fourth-order valence-electron chi connectivity index (χ4n) is 5.32. The van der Waals surface area contributed by atoms with E-state index in [9.17, 15) is 4.39 Å². The van der Waals surface area contributed by atoms with Gasteiger partial charge >= 0.3 is 0 Å². The molecule has 9 nitrogen and oxygen atoms in total. The Morgan fingerprint density at radius 2 is 1.95 bits per heavy atom. The second kappa shape index (κ2) is 10.2. The molecule has 1 aliphatic heterocycles. The van der Waals surface area contributed by atoms with Crippen molar-refractivity contribution in [2.45, 2.75) is 51.5 Å². The van der Waals surface area contributed by atoms with E-state index in [1.165, 1.54) is 18.2 Å². The first kappa shape index (κ1) is 25.1. The molecular formula is C29H30FN9. The van der Waals surface area contributed by atoms with Crippen LogP contribution in [-0.4, -0.2) is 44.1 Å². The van der Waals surface area contributed by atoms with Crippen molar-refractivity contribution in [2.75, 3.05) is 23.7 Å². The Morgan fingerprint density at radius 3 is 2.69 bits per heavy atom. The van der Waals surface area contributed by atoms with Crippen molar-refractivity contribution in [3.05, 3.63) is 59.9 Å². The summed E-state index contributed by atoms with van der Waals surface area (Å²) in [5.41, 5.74) is 2.93. The lowest BCUT2D eigenvalue weighted by Crippen LogP contribution is -2.49. The number of halogens is 1. The number of anilines is 3. The lowest BCUT2D eigenvalue weighted by molar-refractivity contribution is 0.236. The van der Waals surface area contributed by atoms with Gasteiger partial charge in [0.25, 0.3) is 0 Å². The highest BCUT2D eigenvalue weighted by atomic mass is 19.1. The van der Waals surface area contributed by atoms with Crippen LogP contribution >= 0.6 is 0 Å². The molecule has 1 saturated carbocycles. The van der Waals surface area contributed by atoms with Gasteiger partial charge in [-0.15, -0.1) is 0 Å². The molecule has 6 rings (SSSR count). The Hall–Kier alpha value is -4.23. The second-order valence-electron chi connectivity index (χ2n) is 11.0. The predicted molar refractivity (Wildman–Crippen MR) is 148 cm³/mol. The van der Waals surface area contributed by atoms with Crippen LogP contribution in [0.5, 0.6) is 0 Å². The Labute approximate surface area is 226 Å². The van der Waals surface area contributed by atoms with Crippen molar-refractivity contribution in [2.24, 2.45) is 5.41 Å². The Bertz CT molecular complexity index is 1580. The molecule has 0 radical (unpaired) electrons. The maximum atomic E-state index is 14.4. The third-order valence-electron chi connectivity index (χ3n) is 7.86. The highest BCUT2D eigenvalue weighted by Crippen LogP contribution is 2.42. The van der Waals surface area contributed by atoms with E-state index >= 15 is 0 Å². The lowest BCUT2D eigenvalue weighted by atomic mass is 9.78. The van der Waals surface area contributed by atoms with Gasteiger partial charge in [-0.1, -0.05) is 20.3 Å². The van der Waals surface area contributed by atoms with Crippen LogP contribution in [0.4, 0.5) is 21.8 Å². The molecule has 1 saturated heterocycles. The van der Waals surface area contributed by atoms with Gasteiger partial charge in [-0.3, -0.25) is 4.98 Å². The van der Waals surface area contributed by atoms with Gasteiger partial charge in [0.2, 0.25) is 0 Å². The molecule has 0 bridgehead atoms. The molecule has 10 heteroatoms. The number of rotatable bonds is 6. The van der Waals surface area contributed by atoms with E-state index in [0.717, 1.165) is 60.7 Å². The molecule has 4 aromatic rings. The molecule has 2 aliphatic rings. The van der Waals surface area contributed by atoms with Crippen LogP contribution in [0.1, 0.15) is 56.6 Å². The molecule has 1 atom stereocenters. The predicted octanol–water partition coefficient (Wildman–Crippen LogP) is 5.30. The number of hydrogen-bond donors (Lipinski definition) is 3. The van der Waals surface area contributed by atoms with Crippen LogP contribution in [0.2, 0.25) is 0 Å². The molecule has 2 fully saturated rings. The molecule has 3 N–H and O–H groups in total. The molecule has 198 valence electrons. The van der Waals surface area contributed by atoms with Crippen molar-refractivity contribution in [3.63, 3.8) is 0 Å². The number of nitrogens with zero attached hydrogens (tertiary/aromatic N) is 6. The van der Waals surface area contributed by atoms with Gasteiger partial charge in [-0.2, -0.15) is 5.26 Å². The quantitative estimate of drug-likeness (QED) is 0.309. The van der Waals surface area contributed by atoms with Gasteiger partial charge < -0.3 is 16.0 Å². The summed E-state index contributed by atoms with van der Waals surface area (Å²) >= 11 is 0. The Balaban J connectivity index is 1.41. The zero-order valence-electron chi connectivity index (χ0n) is 22.0. The SMILES string of the molecule is CC1(C)CNCCC1Nc1nc(-c2ccnc(Nc3ncc(C#N)cc3F)c2)nc2cncc(C3CCC3)c12. The highest BCUT2D eigenvalue weighted by molar-refractivity contribution is 5.93. The van der Waals surface area contributed by atoms with E-state index in [4.69, 9.17) is 15.2 Å². The summed E-state index contributed by atoms with van der Waals surface area (Å²) in [7, 11) is 0. The molecule has 0 amide bonds. The molecule has 1 unspecified atom stereocenters. The number of aromatic nitrogens is 5. The fourth-order valence-corrected chi connectivity index (χ4v) is 5.32. The highest BCUT2D eigenvalue weighted by Gasteiger charge is 2.33. The molecule has 39 heavy (non-hydrogen) atoms. The topological polar surface area (TPSA) is 124 Å².